The molecule has 1 aromatic heterocycles. The molecule has 1 nitrogen and oxygen atoms in total. The molecule has 0 radical (unpaired) electrons. The van der Waals surface area contributed by atoms with Crippen LogP contribution in [0.25, 0.3) is 12.2 Å². The maximum Gasteiger partial charge on any atom is 0.0343 e. The Morgan fingerprint density at radius 1 is 1.13 bits per heavy atom. The fourth-order valence-corrected chi connectivity index (χ4v) is 1.43. The van der Waals surface area contributed by atoms with Gasteiger partial charge in [-0.2, -0.15) is 0 Å². The Hall–Kier alpha value is -1.11. The summed E-state index contributed by atoms with van der Waals surface area (Å²) in [5, 5.41) is 2.62. The topological polar surface area (TPSA) is 12.9 Å². The number of fused-ring (bicyclic) bond motifs is 1. The van der Waals surface area contributed by atoms with Gasteiger partial charge < -0.3 is 0 Å². The van der Waals surface area contributed by atoms with E-state index in [1.165, 1.54) is 10.4 Å². The normalized spacial score (nSPS) is 16.5. The van der Waals surface area contributed by atoms with Crippen molar-refractivity contribution in [3.05, 3.63) is 28.9 Å². The molecule has 0 aliphatic heterocycles. The van der Waals surface area contributed by atoms with E-state index in [1.54, 1.807) is 0 Å². The van der Waals surface area contributed by atoms with Gasteiger partial charge in [-0.3, -0.25) is 4.98 Å². The van der Waals surface area contributed by atoms with Crippen molar-refractivity contribution in [1.82, 2.24) is 4.98 Å². The van der Waals surface area contributed by atoms with Crippen LogP contribution in [0, 0.1) is 5.92 Å². The molecule has 0 N–H and O–H groups in total. The van der Waals surface area contributed by atoms with E-state index in [0.717, 1.165) is 6.42 Å². The first-order valence-corrected chi connectivity index (χ1v) is 5.98. The zero-order valence-corrected chi connectivity index (χ0v) is 10.6. The first kappa shape index (κ1) is 13.9. The molecule has 1 aliphatic rings. The number of pyridine rings is 1. The minimum absolute atomic E-state index is 0.685. The number of nitrogens with zero attached hydrogens (tertiary/aromatic N) is 1. The molecule has 0 spiro atoms. The molecular formula is C14H23N. The van der Waals surface area contributed by atoms with Crippen LogP contribution in [0.15, 0.2) is 18.5 Å². The molecule has 84 valence electrons. The molecule has 1 atom stereocenters. The summed E-state index contributed by atoms with van der Waals surface area (Å²) in [7, 11) is 0. The van der Waals surface area contributed by atoms with Gasteiger partial charge in [0.25, 0.3) is 0 Å². The third kappa shape index (κ3) is 4.28. The third-order valence-corrected chi connectivity index (χ3v) is 2.06. The van der Waals surface area contributed by atoms with Crippen LogP contribution in [0.3, 0.4) is 0 Å². The maximum atomic E-state index is 4.07. The highest BCUT2D eigenvalue weighted by molar-refractivity contribution is 5.38. The fourth-order valence-electron chi connectivity index (χ4n) is 1.43. The van der Waals surface area contributed by atoms with Gasteiger partial charge in [-0.1, -0.05) is 46.8 Å². The summed E-state index contributed by atoms with van der Waals surface area (Å²) in [5.41, 5.74) is 0. The van der Waals surface area contributed by atoms with Gasteiger partial charge >= 0.3 is 0 Å². The monoisotopic (exact) mass is 205 g/mol. The van der Waals surface area contributed by atoms with Crippen molar-refractivity contribution >= 4 is 12.2 Å². The van der Waals surface area contributed by atoms with Crippen molar-refractivity contribution in [3.63, 3.8) is 0 Å². The van der Waals surface area contributed by atoms with Crippen molar-refractivity contribution in [2.45, 2.75) is 41.0 Å². The lowest BCUT2D eigenvalue weighted by atomic mass is 10.0. The Labute approximate surface area is 93.6 Å². The minimum atomic E-state index is 0.685. The van der Waals surface area contributed by atoms with Gasteiger partial charge in [-0.15, -0.1) is 0 Å². The van der Waals surface area contributed by atoms with Crippen molar-refractivity contribution in [2.24, 2.45) is 5.92 Å². The van der Waals surface area contributed by atoms with Crippen LogP contribution < -0.4 is 10.4 Å². The lowest BCUT2D eigenvalue weighted by molar-refractivity contribution is 0.799. The average molecular weight is 205 g/mol. The van der Waals surface area contributed by atoms with Crippen molar-refractivity contribution < 1.29 is 0 Å². The standard InChI is InChI=1S/C10H11N.2C2H6/c1-8-2-3-10-7-11-5-4-9(10)6-8;2*1-2/h3-8H,2H2,1H3;2*1-2H3. The van der Waals surface area contributed by atoms with Crippen LogP contribution in [0.1, 0.15) is 41.0 Å². The van der Waals surface area contributed by atoms with Crippen LogP contribution in [0.5, 0.6) is 0 Å². The molecule has 1 unspecified atom stereocenters. The highest BCUT2D eigenvalue weighted by Crippen LogP contribution is 2.05. The van der Waals surface area contributed by atoms with Gasteiger partial charge in [0.1, 0.15) is 0 Å². The molecule has 0 saturated carbocycles. The van der Waals surface area contributed by atoms with E-state index in [0.29, 0.717) is 5.92 Å². The molecule has 1 heteroatoms. The van der Waals surface area contributed by atoms with Gasteiger partial charge in [0.05, 0.1) is 0 Å². The first-order chi connectivity index (χ1) is 7.36. The second-order valence-corrected chi connectivity index (χ2v) is 3.09. The molecule has 1 aromatic rings. The van der Waals surface area contributed by atoms with Crippen LogP contribution >= 0.6 is 0 Å². The quantitative estimate of drug-likeness (QED) is 0.634. The number of rotatable bonds is 0. The van der Waals surface area contributed by atoms with Gasteiger partial charge in [0, 0.05) is 12.4 Å². The summed E-state index contributed by atoms with van der Waals surface area (Å²) in [6.45, 7) is 10.2. The summed E-state index contributed by atoms with van der Waals surface area (Å²) < 4.78 is 0. The molecule has 0 saturated heterocycles. The van der Waals surface area contributed by atoms with Gasteiger partial charge in [-0.05, 0) is 28.8 Å². The predicted molar refractivity (Wildman–Crippen MR) is 68.9 cm³/mol. The number of hydrogen-bond acceptors (Lipinski definition) is 1. The van der Waals surface area contributed by atoms with E-state index in [9.17, 15) is 0 Å². The molecule has 0 amide bonds. The SMILES string of the molecule is CC.CC.CC1C=c2ccncc2=CC1. The lowest BCUT2D eigenvalue weighted by Gasteiger charge is -2.05. The summed E-state index contributed by atoms with van der Waals surface area (Å²) in [4.78, 5) is 4.07. The van der Waals surface area contributed by atoms with E-state index < -0.39 is 0 Å². The van der Waals surface area contributed by atoms with E-state index in [4.69, 9.17) is 0 Å². The fraction of sp³-hybridized carbons (Fsp3) is 0.500. The minimum Gasteiger partial charge on any atom is -0.264 e. The predicted octanol–water partition coefficient (Wildman–Crippen LogP) is 2.73. The molecule has 0 bridgehead atoms. The van der Waals surface area contributed by atoms with E-state index in [2.05, 4.69) is 30.1 Å². The zero-order valence-electron chi connectivity index (χ0n) is 10.6. The van der Waals surface area contributed by atoms with Crippen LogP contribution in [0.4, 0.5) is 0 Å². The summed E-state index contributed by atoms with van der Waals surface area (Å²) in [6.07, 6.45) is 9.49. The summed E-state index contributed by atoms with van der Waals surface area (Å²) >= 11 is 0. The Morgan fingerprint density at radius 2 is 1.80 bits per heavy atom. The van der Waals surface area contributed by atoms with Gasteiger partial charge in [-0.25, -0.2) is 0 Å². The largest absolute Gasteiger partial charge is 0.264 e. The molecule has 0 fully saturated rings. The molecular weight excluding hydrogens is 182 g/mol. The molecule has 1 heterocycles. The smallest absolute Gasteiger partial charge is 0.0343 e. The highest BCUT2D eigenvalue weighted by atomic mass is 14.6. The van der Waals surface area contributed by atoms with E-state index in [-0.39, 0.29) is 0 Å². The van der Waals surface area contributed by atoms with Crippen LogP contribution in [-0.2, 0) is 0 Å². The average Bonchev–Trinajstić information content (AvgIpc) is 2.34. The number of aromatic nitrogens is 1. The van der Waals surface area contributed by atoms with Crippen molar-refractivity contribution in [2.75, 3.05) is 0 Å². The Balaban J connectivity index is 0.000000442. The zero-order chi connectivity index (χ0) is 11.7. The third-order valence-electron chi connectivity index (χ3n) is 2.06. The first-order valence-electron chi connectivity index (χ1n) is 5.98. The molecule has 15 heavy (non-hydrogen) atoms. The Bertz CT molecular complexity index is 365. The lowest BCUT2D eigenvalue weighted by Crippen LogP contribution is -2.28. The maximum absolute atomic E-state index is 4.07. The molecule has 0 aromatic carbocycles. The van der Waals surface area contributed by atoms with Crippen molar-refractivity contribution in [3.8, 4) is 0 Å². The molecule has 1 aliphatic carbocycles. The van der Waals surface area contributed by atoms with E-state index >= 15 is 0 Å². The Kier molecular flexibility index (Phi) is 7.61. The second-order valence-electron chi connectivity index (χ2n) is 3.09. The Morgan fingerprint density at radius 3 is 2.47 bits per heavy atom. The second kappa shape index (κ2) is 8.22. The summed E-state index contributed by atoms with van der Waals surface area (Å²) in [5.74, 6) is 0.685. The summed E-state index contributed by atoms with van der Waals surface area (Å²) in [6, 6.07) is 2.07. The van der Waals surface area contributed by atoms with Crippen LogP contribution in [-0.4, -0.2) is 4.98 Å². The van der Waals surface area contributed by atoms with E-state index in [1.807, 2.05) is 40.1 Å². The highest BCUT2D eigenvalue weighted by Gasteiger charge is 1.99. The van der Waals surface area contributed by atoms with Crippen LogP contribution in [0.2, 0.25) is 0 Å². The molecule has 2 rings (SSSR count). The van der Waals surface area contributed by atoms with Gasteiger partial charge in [0.2, 0.25) is 0 Å². The van der Waals surface area contributed by atoms with Crippen molar-refractivity contribution in [1.29, 1.82) is 0 Å². The number of hydrogen-bond donors (Lipinski definition) is 0. The van der Waals surface area contributed by atoms with Gasteiger partial charge in [0.15, 0.2) is 0 Å².